The second-order valence-electron chi connectivity index (χ2n) is 7.40. The molecule has 1 aromatic heterocycles. The van der Waals surface area contributed by atoms with E-state index < -0.39 is 0 Å². The molecular weight excluding hydrogens is 329 g/mol. The van der Waals surface area contributed by atoms with Gasteiger partial charge in [0.1, 0.15) is 5.82 Å². The maximum Gasteiger partial charge on any atom is 0.146 e. The maximum absolute atomic E-state index is 13.9. The van der Waals surface area contributed by atoms with Gasteiger partial charge in [-0.05, 0) is 50.6 Å². The van der Waals surface area contributed by atoms with Crippen molar-refractivity contribution in [2.75, 3.05) is 44.2 Å². The van der Waals surface area contributed by atoms with E-state index in [0.717, 1.165) is 45.0 Å². The number of anilines is 1. The monoisotopic (exact) mass is 357 g/mol. The molecule has 0 atom stereocenters. The summed E-state index contributed by atoms with van der Waals surface area (Å²) in [6.07, 6.45) is 7.45. The van der Waals surface area contributed by atoms with Crippen molar-refractivity contribution in [1.82, 2.24) is 20.0 Å². The molecule has 1 aliphatic heterocycles. The minimum atomic E-state index is -0.112. The summed E-state index contributed by atoms with van der Waals surface area (Å²) in [5.41, 5.74) is 0.741. The molecule has 0 unspecified atom stereocenters. The Morgan fingerprint density at radius 3 is 2.62 bits per heavy atom. The molecule has 2 aliphatic rings. The lowest BCUT2D eigenvalue weighted by molar-refractivity contribution is 0.203. The number of benzene rings is 1. The number of hydrogen-bond donors (Lipinski definition) is 1. The fourth-order valence-electron chi connectivity index (χ4n) is 4.00. The predicted octanol–water partition coefficient (Wildman–Crippen LogP) is 2.53. The maximum atomic E-state index is 13.9. The van der Waals surface area contributed by atoms with E-state index in [4.69, 9.17) is 0 Å². The van der Waals surface area contributed by atoms with Crippen molar-refractivity contribution in [2.24, 2.45) is 0 Å². The predicted molar refractivity (Wildman–Crippen MR) is 102 cm³/mol. The molecule has 1 saturated heterocycles. The van der Waals surface area contributed by atoms with Gasteiger partial charge in [-0.3, -0.25) is 9.58 Å². The molecule has 0 radical (unpaired) electrons. The van der Waals surface area contributed by atoms with Crippen LogP contribution in [0.25, 0.3) is 0 Å². The molecule has 1 saturated carbocycles. The SMILES string of the molecule is Fc1ccccc1N1CCN(CCCNC2CC(n3cccn3)C2)CC1. The Bertz CT molecular complexity index is 675. The zero-order valence-corrected chi connectivity index (χ0v) is 15.2. The van der Waals surface area contributed by atoms with E-state index in [1.54, 1.807) is 12.1 Å². The fraction of sp³-hybridized carbons (Fsp3) is 0.550. The molecule has 0 amide bonds. The third kappa shape index (κ3) is 4.07. The van der Waals surface area contributed by atoms with Crippen LogP contribution in [0.15, 0.2) is 42.7 Å². The fourth-order valence-corrected chi connectivity index (χ4v) is 4.00. The first-order valence-corrected chi connectivity index (χ1v) is 9.74. The standard InChI is InChI=1S/C20H28FN5/c21-19-5-1-2-6-20(19)25-13-11-24(12-14-25)9-3-7-22-17-15-18(16-17)26-10-4-8-23-26/h1-2,4-6,8,10,17-18,22H,3,7,9,11-16H2. The highest BCUT2D eigenvalue weighted by atomic mass is 19.1. The molecular formula is C20H28FN5. The average Bonchev–Trinajstić information content (AvgIpc) is 3.15. The van der Waals surface area contributed by atoms with Crippen molar-refractivity contribution in [3.05, 3.63) is 48.5 Å². The second kappa shape index (κ2) is 8.18. The summed E-state index contributed by atoms with van der Waals surface area (Å²) in [6, 6.07) is 10.3. The number of rotatable bonds is 7. The molecule has 2 aromatic rings. The number of hydrogen-bond acceptors (Lipinski definition) is 4. The summed E-state index contributed by atoms with van der Waals surface area (Å²) in [5.74, 6) is -0.112. The Morgan fingerprint density at radius 1 is 1.08 bits per heavy atom. The van der Waals surface area contributed by atoms with Gasteiger partial charge in [0.25, 0.3) is 0 Å². The van der Waals surface area contributed by atoms with Gasteiger partial charge in [-0.25, -0.2) is 4.39 Å². The zero-order valence-electron chi connectivity index (χ0n) is 15.2. The first kappa shape index (κ1) is 17.5. The molecule has 1 N–H and O–H groups in total. The van der Waals surface area contributed by atoms with E-state index in [0.29, 0.717) is 12.1 Å². The molecule has 0 spiro atoms. The third-order valence-corrected chi connectivity index (χ3v) is 5.66. The van der Waals surface area contributed by atoms with Gasteiger partial charge in [0.05, 0.1) is 11.7 Å². The normalized spacial score (nSPS) is 23.8. The van der Waals surface area contributed by atoms with Crippen molar-refractivity contribution in [1.29, 1.82) is 0 Å². The highest BCUT2D eigenvalue weighted by Gasteiger charge is 2.30. The number of nitrogens with zero attached hydrogens (tertiary/aromatic N) is 4. The van der Waals surface area contributed by atoms with Crippen LogP contribution in [0, 0.1) is 5.82 Å². The number of piperazine rings is 1. The van der Waals surface area contributed by atoms with Crippen LogP contribution in [0.4, 0.5) is 10.1 Å². The van der Waals surface area contributed by atoms with E-state index in [-0.39, 0.29) is 5.82 Å². The van der Waals surface area contributed by atoms with E-state index in [2.05, 4.69) is 31.1 Å². The van der Waals surface area contributed by atoms with Crippen LogP contribution in [-0.2, 0) is 0 Å². The van der Waals surface area contributed by atoms with Gasteiger partial charge in [0, 0.05) is 44.6 Å². The van der Waals surface area contributed by atoms with Crippen molar-refractivity contribution < 1.29 is 4.39 Å². The molecule has 6 heteroatoms. The van der Waals surface area contributed by atoms with Gasteiger partial charge >= 0.3 is 0 Å². The highest BCUT2D eigenvalue weighted by Crippen LogP contribution is 2.31. The Kier molecular flexibility index (Phi) is 5.51. The number of halogens is 1. The molecule has 2 fully saturated rings. The van der Waals surface area contributed by atoms with Gasteiger partial charge in [-0.15, -0.1) is 0 Å². The summed E-state index contributed by atoms with van der Waals surface area (Å²) in [4.78, 5) is 4.65. The summed E-state index contributed by atoms with van der Waals surface area (Å²) < 4.78 is 16.0. The summed E-state index contributed by atoms with van der Waals surface area (Å²) >= 11 is 0. The topological polar surface area (TPSA) is 36.3 Å². The largest absolute Gasteiger partial charge is 0.367 e. The molecule has 26 heavy (non-hydrogen) atoms. The highest BCUT2D eigenvalue weighted by molar-refractivity contribution is 5.47. The van der Waals surface area contributed by atoms with Crippen molar-refractivity contribution >= 4 is 5.69 Å². The van der Waals surface area contributed by atoms with Crippen LogP contribution >= 0.6 is 0 Å². The van der Waals surface area contributed by atoms with Crippen LogP contribution in [0.2, 0.25) is 0 Å². The van der Waals surface area contributed by atoms with Crippen molar-refractivity contribution in [2.45, 2.75) is 31.3 Å². The van der Waals surface area contributed by atoms with E-state index in [1.807, 2.05) is 24.4 Å². The van der Waals surface area contributed by atoms with E-state index in [9.17, 15) is 4.39 Å². The van der Waals surface area contributed by atoms with E-state index >= 15 is 0 Å². The first-order chi connectivity index (χ1) is 12.8. The molecule has 5 nitrogen and oxygen atoms in total. The Balaban J connectivity index is 1.10. The first-order valence-electron chi connectivity index (χ1n) is 9.74. The average molecular weight is 357 g/mol. The van der Waals surface area contributed by atoms with Gasteiger partial charge in [-0.2, -0.15) is 5.10 Å². The molecule has 1 aliphatic carbocycles. The lowest BCUT2D eigenvalue weighted by Crippen LogP contribution is -2.47. The van der Waals surface area contributed by atoms with Crippen molar-refractivity contribution in [3.63, 3.8) is 0 Å². The zero-order chi connectivity index (χ0) is 17.8. The van der Waals surface area contributed by atoms with Crippen LogP contribution in [0.3, 0.4) is 0 Å². The summed E-state index contributed by atoms with van der Waals surface area (Å²) in [7, 11) is 0. The Morgan fingerprint density at radius 2 is 1.88 bits per heavy atom. The van der Waals surface area contributed by atoms with Crippen LogP contribution in [-0.4, -0.2) is 60.0 Å². The Hall–Kier alpha value is -1.92. The van der Waals surface area contributed by atoms with Gasteiger partial charge in [0.15, 0.2) is 0 Å². The van der Waals surface area contributed by atoms with Crippen molar-refractivity contribution in [3.8, 4) is 0 Å². The summed E-state index contributed by atoms with van der Waals surface area (Å²) in [6.45, 7) is 6.03. The van der Waals surface area contributed by atoms with Gasteiger partial charge in [0.2, 0.25) is 0 Å². The molecule has 140 valence electrons. The molecule has 0 bridgehead atoms. The third-order valence-electron chi connectivity index (χ3n) is 5.66. The smallest absolute Gasteiger partial charge is 0.146 e. The Labute approximate surface area is 154 Å². The number of aromatic nitrogens is 2. The lowest BCUT2D eigenvalue weighted by atomic mass is 9.87. The van der Waals surface area contributed by atoms with Crippen LogP contribution < -0.4 is 10.2 Å². The second-order valence-corrected chi connectivity index (χ2v) is 7.40. The van der Waals surface area contributed by atoms with Crippen LogP contribution in [0.1, 0.15) is 25.3 Å². The minimum absolute atomic E-state index is 0.112. The minimum Gasteiger partial charge on any atom is -0.367 e. The quantitative estimate of drug-likeness (QED) is 0.773. The summed E-state index contributed by atoms with van der Waals surface area (Å²) in [5, 5.41) is 7.98. The van der Waals surface area contributed by atoms with Gasteiger partial charge < -0.3 is 10.2 Å². The molecule has 2 heterocycles. The lowest BCUT2D eigenvalue weighted by Gasteiger charge is -2.37. The number of para-hydroxylation sites is 1. The van der Waals surface area contributed by atoms with Crippen LogP contribution in [0.5, 0.6) is 0 Å². The number of nitrogens with one attached hydrogen (secondary N) is 1. The van der Waals surface area contributed by atoms with Gasteiger partial charge in [-0.1, -0.05) is 12.1 Å². The van der Waals surface area contributed by atoms with E-state index in [1.165, 1.54) is 19.3 Å². The molecule has 4 rings (SSSR count). The molecule has 1 aromatic carbocycles.